The molecule has 18 heavy (non-hydrogen) atoms. The van der Waals surface area contributed by atoms with Gasteiger partial charge in [0.05, 0.1) is 7.11 Å². The van der Waals surface area contributed by atoms with Gasteiger partial charge in [0.2, 0.25) is 0 Å². The van der Waals surface area contributed by atoms with Crippen molar-refractivity contribution in [2.75, 3.05) is 13.7 Å². The second-order valence-electron chi connectivity index (χ2n) is 4.79. The molecular weight excluding hydrogens is 228 g/mol. The van der Waals surface area contributed by atoms with Crippen LogP contribution in [-0.2, 0) is 0 Å². The number of piperidine rings is 1. The highest BCUT2D eigenvalue weighted by atomic mass is 16.5. The van der Waals surface area contributed by atoms with Gasteiger partial charge in [-0.25, -0.2) is 0 Å². The Balaban J connectivity index is 1.90. The van der Waals surface area contributed by atoms with Crippen molar-refractivity contribution in [2.24, 2.45) is 0 Å². The van der Waals surface area contributed by atoms with E-state index in [0.29, 0.717) is 11.6 Å². The summed E-state index contributed by atoms with van der Waals surface area (Å²) in [5.41, 5.74) is 0.675. The second kappa shape index (κ2) is 5.87. The molecule has 1 aromatic rings. The molecule has 0 bridgehead atoms. The van der Waals surface area contributed by atoms with Gasteiger partial charge < -0.3 is 15.4 Å². The van der Waals surface area contributed by atoms with Crippen LogP contribution in [0.5, 0.6) is 5.75 Å². The number of nitrogens with one attached hydrogen (secondary N) is 2. The lowest BCUT2D eigenvalue weighted by Crippen LogP contribution is -2.48. The lowest BCUT2D eigenvalue weighted by molar-refractivity contribution is 0.0927. The number of hydrogen-bond donors (Lipinski definition) is 2. The number of hydrogen-bond acceptors (Lipinski definition) is 3. The standard InChI is InChI=1S/C14H20N2O2/c1-10-3-6-12(9-15-10)16-14(17)11-4-7-13(18-2)8-5-11/h4-5,7-8,10,12,15H,3,6,9H2,1-2H3,(H,16,17). The van der Waals surface area contributed by atoms with Crippen molar-refractivity contribution in [3.8, 4) is 5.75 Å². The van der Waals surface area contributed by atoms with Crippen LogP contribution in [0.2, 0.25) is 0 Å². The third-order valence-electron chi connectivity index (χ3n) is 3.35. The van der Waals surface area contributed by atoms with Crippen LogP contribution in [0.3, 0.4) is 0 Å². The smallest absolute Gasteiger partial charge is 0.251 e. The molecule has 2 N–H and O–H groups in total. The first-order chi connectivity index (χ1) is 8.69. The van der Waals surface area contributed by atoms with Crippen LogP contribution < -0.4 is 15.4 Å². The molecule has 0 spiro atoms. The van der Waals surface area contributed by atoms with Gasteiger partial charge in [-0.2, -0.15) is 0 Å². The number of rotatable bonds is 3. The van der Waals surface area contributed by atoms with Gasteiger partial charge in [0.1, 0.15) is 5.75 Å². The van der Waals surface area contributed by atoms with E-state index in [4.69, 9.17) is 4.74 Å². The zero-order valence-corrected chi connectivity index (χ0v) is 10.9. The van der Waals surface area contributed by atoms with Gasteiger partial charge in [-0.15, -0.1) is 0 Å². The van der Waals surface area contributed by atoms with Gasteiger partial charge in [-0.1, -0.05) is 0 Å². The molecular formula is C14H20N2O2. The first-order valence-corrected chi connectivity index (χ1v) is 6.37. The highest BCUT2D eigenvalue weighted by Gasteiger charge is 2.19. The van der Waals surface area contributed by atoms with Gasteiger partial charge >= 0.3 is 0 Å². The summed E-state index contributed by atoms with van der Waals surface area (Å²) in [6, 6.07) is 7.96. The predicted molar refractivity (Wildman–Crippen MR) is 70.9 cm³/mol. The van der Waals surface area contributed by atoms with Crippen LogP contribution in [0.25, 0.3) is 0 Å². The number of carbonyl (C=O) groups is 1. The van der Waals surface area contributed by atoms with Crippen LogP contribution in [0.1, 0.15) is 30.1 Å². The largest absolute Gasteiger partial charge is 0.497 e. The maximum absolute atomic E-state index is 12.0. The summed E-state index contributed by atoms with van der Waals surface area (Å²) >= 11 is 0. The van der Waals surface area contributed by atoms with Gasteiger partial charge in [0, 0.05) is 24.2 Å². The van der Waals surface area contributed by atoms with Gasteiger partial charge in [0.15, 0.2) is 0 Å². The van der Waals surface area contributed by atoms with E-state index in [1.54, 1.807) is 31.4 Å². The molecule has 1 saturated heterocycles. The monoisotopic (exact) mass is 248 g/mol. The first-order valence-electron chi connectivity index (χ1n) is 6.37. The predicted octanol–water partition coefficient (Wildman–Crippen LogP) is 1.57. The fourth-order valence-corrected chi connectivity index (χ4v) is 2.13. The molecule has 2 rings (SSSR count). The third kappa shape index (κ3) is 3.23. The minimum atomic E-state index is -0.0148. The summed E-state index contributed by atoms with van der Waals surface area (Å²) in [4.78, 5) is 12.0. The van der Waals surface area contributed by atoms with E-state index in [0.717, 1.165) is 25.1 Å². The summed E-state index contributed by atoms with van der Waals surface area (Å²) in [6.07, 6.45) is 2.14. The fourth-order valence-electron chi connectivity index (χ4n) is 2.13. The number of ether oxygens (including phenoxy) is 1. The lowest BCUT2D eigenvalue weighted by Gasteiger charge is -2.28. The van der Waals surface area contributed by atoms with Crippen molar-refractivity contribution in [1.82, 2.24) is 10.6 Å². The second-order valence-corrected chi connectivity index (χ2v) is 4.79. The Morgan fingerprint density at radius 2 is 2.06 bits per heavy atom. The van der Waals surface area contributed by atoms with E-state index in [1.165, 1.54) is 0 Å². The lowest BCUT2D eigenvalue weighted by atomic mass is 10.0. The average Bonchev–Trinajstić information content (AvgIpc) is 2.41. The van der Waals surface area contributed by atoms with Crippen molar-refractivity contribution in [3.63, 3.8) is 0 Å². The molecule has 1 aliphatic rings. The minimum Gasteiger partial charge on any atom is -0.497 e. The molecule has 1 heterocycles. The highest BCUT2D eigenvalue weighted by Crippen LogP contribution is 2.12. The van der Waals surface area contributed by atoms with Crippen molar-refractivity contribution < 1.29 is 9.53 Å². The quantitative estimate of drug-likeness (QED) is 0.853. The Hall–Kier alpha value is -1.55. The van der Waals surface area contributed by atoms with E-state index in [-0.39, 0.29) is 11.9 Å². The molecule has 1 amide bonds. The molecule has 1 fully saturated rings. The zero-order chi connectivity index (χ0) is 13.0. The van der Waals surface area contributed by atoms with Crippen LogP contribution in [0, 0.1) is 0 Å². The van der Waals surface area contributed by atoms with Crippen molar-refractivity contribution in [1.29, 1.82) is 0 Å². The molecule has 1 aliphatic heterocycles. The maximum Gasteiger partial charge on any atom is 0.251 e. The maximum atomic E-state index is 12.0. The average molecular weight is 248 g/mol. The van der Waals surface area contributed by atoms with E-state index in [9.17, 15) is 4.79 Å². The Kier molecular flexibility index (Phi) is 4.20. The summed E-state index contributed by atoms with van der Waals surface area (Å²) in [5, 5.41) is 6.42. The van der Waals surface area contributed by atoms with Crippen LogP contribution in [0.15, 0.2) is 24.3 Å². The van der Waals surface area contributed by atoms with Gasteiger partial charge in [0.25, 0.3) is 5.91 Å². The summed E-state index contributed by atoms with van der Waals surface area (Å²) < 4.78 is 5.07. The topological polar surface area (TPSA) is 50.4 Å². The summed E-state index contributed by atoms with van der Waals surface area (Å²) in [6.45, 7) is 3.02. The molecule has 1 aromatic carbocycles. The molecule has 0 radical (unpaired) electrons. The molecule has 0 aliphatic carbocycles. The first kappa shape index (κ1) is 12.9. The summed E-state index contributed by atoms with van der Waals surface area (Å²) in [7, 11) is 1.62. The van der Waals surface area contributed by atoms with E-state index < -0.39 is 0 Å². The Morgan fingerprint density at radius 3 is 2.61 bits per heavy atom. The SMILES string of the molecule is COc1ccc(C(=O)NC2CCC(C)NC2)cc1. The fraction of sp³-hybridized carbons (Fsp3) is 0.500. The molecule has 98 valence electrons. The van der Waals surface area contributed by atoms with Gasteiger partial charge in [-0.3, -0.25) is 4.79 Å². The van der Waals surface area contributed by atoms with Crippen molar-refractivity contribution in [3.05, 3.63) is 29.8 Å². The van der Waals surface area contributed by atoms with E-state index in [1.807, 2.05) is 0 Å². The number of amides is 1. The number of carbonyl (C=O) groups excluding carboxylic acids is 1. The summed E-state index contributed by atoms with van der Waals surface area (Å²) in [5.74, 6) is 0.749. The minimum absolute atomic E-state index is 0.0148. The molecule has 2 unspecified atom stereocenters. The Labute approximate surface area is 108 Å². The number of methoxy groups -OCH3 is 1. The Bertz CT molecular complexity index is 395. The van der Waals surface area contributed by atoms with Crippen LogP contribution >= 0.6 is 0 Å². The third-order valence-corrected chi connectivity index (χ3v) is 3.35. The molecule has 4 heteroatoms. The zero-order valence-electron chi connectivity index (χ0n) is 10.9. The normalized spacial score (nSPS) is 23.4. The van der Waals surface area contributed by atoms with E-state index >= 15 is 0 Å². The Morgan fingerprint density at radius 1 is 1.33 bits per heavy atom. The molecule has 2 atom stereocenters. The molecule has 0 aromatic heterocycles. The van der Waals surface area contributed by atoms with E-state index in [2.05, 4.69) is 17.6 Å². The highest BCUT2D eigenvalue weighted by molar-refractivity contribution is 5.94. The van der Waals surface area contributed by atoms with Crippen LogP contribution in [0.4, 0.5) is 0 Å². The van der Waals surface area contributed by atoms with Crippen LogP contribution in [-0.4, -0.2) is 31.6 Å². The van der Waals surface area contributed by atoms with Crippen molar-refractivity contribution >= 4 is 5.91 Å². The number of benzene rings is 1. The van der Waals surface area contributed by atoms with Gasteiger partial charge in [-0.05, 0) is 44.0 Å². The molecule has 0 saturated carbocycles. The van der Waals surface area contributed by atoms with Crippen molar-refractivity contribution in [2.45, 2.75) is 31.8 Å². The molecule has 4 nitrogen and oxygen atoms in total.